The van der Waals surface area contributed by atoms with Crippen LogP contribution in [0, 0.1) is 6.92 Å². The van der Waals surface area contributed by atoms with Crippen LogP contribution in [0.1, 0.15) is 16.8 Å². The van der Waals surface area contributed by atoms with Crippen LogP contribution in [0.2, 0.25) is 0 Å². The summed E-state index contributed by atoms with van der Waals surface area (Å²) in [6.45, 7) is 2.17. The quantitative estimate of drug-likeness (QED) is 0.523. The Hall–Kier alpha value is -4.07. The zero-order valence-electron chi connectivity index (χ0n) is 16.6. The van der Waals surface area contributed by atoms with Crippen LogP contribution < -0.4 is 15.4 Å². The maximum Gasteiger partial charge on any atom is 0.409 e. The standard InChI is InChI=1S/C22H22N4O4/c1-15-13-26(14-24-15)19-9-8-17(11-20(19)30-2)10-18(25-22(28)29)21(27)23-12-16-6-4-3-5-7-16/h3-11,13-14,25H,12H2,1-2H3,(H,23,27)(H,28,29)/b18-10-. The van der Waals surface area contributed by atoms with Crippen molar-refractivity contribution < 1.29 is 19.4 Å². The van der Waals surface area contributed by atoms with E-state index in [1.807, 2.05) is 54.1 Å². The van der Waals surface area contributed by atoms with Gasteiger partial charge in [-0.25, -0.2) is 9.78 Å². The van der Waals surface area contributed by atoms with Gasteiger partial charge < -0.3 is 19.7 Å². The Labute approximate surface area is 173 Å². The van der Waals surface area contributed by atoms with Gasteiger partial charge in [-0.3, -0.25) is 10.1 Å². The second-order valence-corrected chi connectivity index (χ2v) is 6.51. The summed E-state index contributed by atoms with van der Waals surface area (Å²) >= 11 is 0. The lowest BCUT2D eigenvalue weighted by Crippen LogP contribution is -2.33. The number of carbonyl (C=O) groups excluding carboxylic acids is 1. The SMILES string of the molecule is COc1cc(/C=C(\NC(=O)O)C(=O)NCc2ccccc2)ccc1-n1cnc(C)c1. The first-order valence-electron chi connectivity index (χ1n) is 9.19. The number of hydrogen-bond donors (Lipinski definition) is 3. The molecule has 30 heavy (non-hydrogen) atoms. The van der Waals surface area contributed by atoms with Gasteiger partial charge in [0.25, 0.3) is 5.91 Å². The smallest absolute Gasteiger partial charge is 0.409 e. The van der Waals surface area contributed by atoms with E-state index in [9.17, 15) is 9.59 Å². The van der Waals surface area contributed by atoms with Gasteiger partial charge in [0.15, 0.2) is 0 Å². The normalized spacial score (nSPS) is 11.1. The molecule has 154 valence electrons. The molecule has 2 amide bonds. The summed E-state index contributed by atoms with van der Waals surface area (Å²) in [7, 11) is 1.54. The molecule has 8 heteroatoms. The highest BCUT2D eigenvalue weighted by atomic mass is 16.5. The molecule has 3 aromatic rings. The van der Waals surface area contributed by atoms with E-state index in [2.05, 4.69) is 15.6 Å². The molecule has 0 aliphatic rings. The van der Waals surface area contributed by atoms with E-state index >= 15 is 0 Å². The largest absolute Gasteiger partial charge is 0.495 e. The van der Waals surface area contributed by atoms with E-state index in [0.717, 1.165) is 16.9 Å². The number of nitrogens with one attached hydrogen (secondary N) is 2. The number of amides is 2. The van der Waals surface area contributed by atoms with E-state index < -0.39 is 12.0 Å². The molecule has 0 saturated heterocycles. The van der Waals surface area contributed by atoms with Crippen LogP contribution >= 0.6 is 0 Å². The highest BCUT2D eigenvalue weighted by molar-refractivity contribution is 6.00. The van der Waals surface area contributed by atoms with Crippen LogP contribution in [-0.4, -0.2) is 33.8 Å². The van der Waals surface area contributed by atoms with Crippen LogP contribution in [0.15, 0.2) is 66.8 Å². The Morgan fingerprint density at radius 2 is 1.97 bits per heavy atom. The minimum Gasteiger partial charge on any atom is -0.495 e. The van der Waals surface area contributed by atoms with Gasteiger partial charge in [-0.05, 0) is 36.3 Å². The minimum atomic E-state index is -1.33. The van der Waals surface area contributed by atoms with Crippen molar-refractivity contribution in [2.45, 2.75) is 13.5 Å². The van der Waals surface area contributed by atoms with Gasteiger partial charge in [-0.15, -0.1) is 0 Å². The molecule has 0 bridgehead atoms. The van der Waals surface area contributed by atoms with E-state index in [-0.39, 0.29) is 12.2 Å². The van der Waals surface area contributed by atoms with Crippen molar-refractivity contribution in [3.05, 3.63) is 83.6 Å². The second-order valence-electron chi connectivity index (χ2n) is 6.51. The number of carbonyl (C=O) groups is 2. The molecular weight excluding hydrogens is 384 g/mol. The maximum absolute atomic E-state index is 12.6. The predicted molar refractivity (Wildman–Crippen MR) is 112 cm³/mol. The zero-order chi connectivity index (χ0) is 21.5. The van der Waals surface area contributed by atoms with Gasteiger partial charge in [0.1, 0.15) is 11.4 Å². The van der Waals surface area contributed by atoms with E-state index in [0.29, 0.717) is 11.3 Å². The Morgan fingerprint density at radius 3 is 2.60 bits per heavy atom. The van der Waals surface area contributed by atoms with Crippen LogP contribution in [0.5, 0.6) is 5.75 Å². The number of aromatic nitrogens is 2. The molecule has 0 saturated carbocycles. The Balaban J connectivity index is 1.85. The molecule has 1 heterocycles. The van der Waals surface area contributed by atoms with Gasteiger partial charge in [-0.1, -0.05) is 36.4 Å². The highest BCUT2D eigenvalue weighted by Gasteiger charge is 2.14. The van der Waals surface area contributed by atoms with Gasteiger partial charge in [0.2, 0.25) is 0 Å². The highest BCUT2D eigenvalue weighted by Crippen LogP contribution is 2.25. The van der Waals surface area contributed by atoms with Gasteiger partial charge in [0.05, 0.1) is 24.8 Å². The lowest BCUT2D eigenvalue weighted by Gasteiger charge is -2.12. The fourth-order valence-corrected chi connectivity index (χ4v) is 2.86. The van der Waals surface area contributed by atoms with Crippen molar-refractivity contribution in [3.8, 4) is 11.4 Å². The van der Waals surface area contributed by atoms with Crippen molar-refractivity contribution in [3.63, 3.8) is 0 Å². The molecule has 1 aromatic heterocycles. The molecule has 0 spiro atoms. The molecular formula is C22H22N4O4. The first kappa shape index (κ1) is 20.7. The first-order valence-corrected chi connectivity index (χ1v) is 9.19. The summed E-state index contributed by atoms with van der Waals surface area (Å²) in [5.41, 5.74) is 3.06. The molecule has 0 atom stereocenters. The third-order valence-electron chi connectivity index (χ3n) is 4.29. The van der Waals surface area contributed by atoms with Crippen molar-refractivity contribution >= 4 is 18.1 Å². The van der Waals surface area contributed by atoms with E-state index in [4.69, 9.17) is 9.84 Å². The van der Waals surface area contributed by atoms with Crippen LogP contribution in [0.4, 0.5) is 4.79 Å². The van der Waals surface area contributed by atoms with Crippen molar-refractivity contribution in [2.75, 3.05) is 7.11 Å². The number of carboxylic acid groups (broad SMARTS) is 1. The molecule has 0 fully saturated rings. The third kappa shape index (κ3) is 5.26. The number of ether oxygens (including phenoxy) is 1. The number of hydrogen-bond acceptors (Lipinski definition) is 4. The summed E-state index contributed by atoms with van der Waals surface area (Å²) < 4.78 is 7.29. The number of imidazole rings is 1. The van der Waals surface area contributed by atoms with Crippen LogP contribution in [0.25, 0.3) is 11.8 Å². The number of rotatable bonds is 7. The minimum absolute atomic E-state index is 0.0910. The van der Waals surface area contributed by atoms with Crippen molar-refractivity contribution in [2.24, 2.45) is 0 Å². The molecule has 0 aliphatic carbocycles. The molecule has 0 aliphatic heterocycles. The molecule has 2 aromatic carbocycles. The Bertz CT molecular complexity index is 1070. The van der Waals surface area contributed by atoms with Crippen molar-refractivity contribution in [1.29, 1.82) is 0 Å². The van der Waals surface area contributed by atoms with Crippen LogP contribution in [-0.2, 0) is 11.3 Å². The zero-order valence-corrected chi connectivity index (χ0v) is 16.6. The lowest BCUT2D eigenvalue weighted by atomic mass is 10.1. The van der Waals surface area contributed by atoms with Crippen molar-refractivity contribution in [1.82, 2.24) is 20.2 Å². The fourth-order valence-electron chi connectivity index (χ4n) is 2.86. The topological polar surface area (TPSA) is 105 Å². The number of methoxy groups -OCH3 is 1. The first-order chi connectivity index (χ1) is 14.5. The average Bonchev–Trinajstić information content (AvgIpc) is 3.18. The monoisotopic (exact) mass is 406 g/mol. The summed E-state index contributed by atoms with van der Waals surface area (Å²) in [5, 5.41) is 14.0. The number of nitrogens with zero attached hydrogens (tertiary/aromatic N) is 2. The molecule has 0 unspecified atom stereocenters. The average molecular weight is 406 g/mol. The second kappa shape index (κ2) is 9.42. The van der Waals surface area contributed by atoms with E-state index in [1.54, 1.807) is 25.6 Å². The summed E-state index contributed by atoms with van der Waals surface area (Å²) in [4.78, 5) is 27.9. The maximum atomic E-state index is 12.6. The number of aryl methyl sites for hydroxylation is 1. The van der Waals surface area contributed by atoms with E-state index in [1.165, 1.54) is 6.08 Å². The molecule has 8 nitrogen and oxygen atoms in total. The van der Waals surface area contributed by atoms with Gasteiger partial charge in [-0.2, -0.15) is 0 Å². The summed E-state index contributed by atoms with van der Waals surface area (Å²) in [6.07, 6.45) is 3.67. The van der Waals surface area contributed by atoms with Gasteiger partial charge in [0, 0.05) is 12.7 Å². The number of benzene rings is 2. The third-order valence-corrected chi connectivity index (χ3v) is 4.29. The lowest BCUT2D eigenvalue weighted by molar-refractivity contribution is -0.117. The fraction of sp³-hybridized carbons (Fsp3) is 0.136. The molecule has 3 rings (SSSR count). The molecule has 0 radical (unpaired) electrons. The van der Waals surface area contributed by atoms with Gasteiger partial charge >= 0.3 is 6.09 Å². The van der Waals surface area contributed by atoms with Crippen LogP contribution in [0.3, 0.4) is 0 Å². The Morgan fingerprint density at radius 1 is 1.20 bits per heavy atom. The summed E-state index contributed by atoms with van der Waals surface area (Å²) in [6, 6.07) is 14.6. The molecule has 3 N–H and O–H groups in total. The Kier molecular flexibility index (Phi) is 6.49. The summed E-state index contributed by atoms with van der Waals surface area (Å²) in [5.74, 6) is 0.0232. The predicted octanol–water partition coefficient (Wildman–Crippen LogP) is 3.11.